The van der Waals surface area contributed by atoms with Crippen molar-refractivity contribution in [3.63, 3.8) is 0 Å². The van der Waals surface area contributed by atoms with Gasteiger partial charge in [-0.25, -0.2) is 4.39 Å². The first kappa shape index (κ1) is 25.4. The lowest BCUT2D eigenvalue weighted by Gasteiger charge is -2.38. The summed E-state index contributed by atoms with van der Waals surface area (Å²) in [6, 6.07) is 18.7. The number of aliphatic carboxylic acids is 1. The molecule has 2 aliphatic carbocycles. The van der Waals surface area contributed by atoms with E-state index >= 15 is 0 Å². The molecule has 1 heterocycles. The van der Waals surface area contributed by atoms with Gasteiger partial charge in [0.2, 0.25) is 0 Å². The molecule has 2 aromatic rings. The van der Waals surface area contributed by atoms with Crippen molar-refractivity contribution in [2.24, 2.45) is 5.92 Å². The van der Waals surface area contributed by atoms with Crippen LogP contribution >= 0.6 is 0 Å². The number of carboxylic acids is 1. The maximum atomic E-state index is 13.4. The Morgan fingerprint density at radius 1 is 0.861 bits per heavy atom. The number of carbonyl (C=O) groups is 1. The van der Waals surface area contributed by atoms with Crippen LogP contribution in [-0.4, -0.2) is 59.1 Å². The average Bonchev–Trinajstić information content (AvgIpc) is 3.32. The highest BCUT2D eigenvalue weighted by Gasteiger charge is 2.41. The molecule has 36 heavy (non-hydrogen) atoms. The third-order valence-corrected chi connectivity index (χ3v) is 9.15. The summed E-state index contributed by atoms with van der Waals surface area (Å²) in [6.45, 7) is 3.41. The molecule has 194 valence electrons. The lowest BCUT2D eigenvalue weighted by Crippen LogP contribution is -2.46. The third-order valence-electron chi connectivity index (χ3n) is 9.15. The van der Waals surface area contributed by atoms with Gasteiger partial charge < -0.3 is 10.0 Å². The second kappa shape index (κ2) is 11.9. The third kappa shape index (κ3) is 6.18. The number of carboxylic acid groups (broad SMARTS) is 1. The summed E-state index contributed by atoms with van der Waals surface area (Å²) < 4.78 is 13.4. The van der Waals surface area contributed by atoms with E-state index in [1.807, 2.05) is 12.1 Å². The number of hydrogen-bond acceptors (Lipinski definition) is 3. The number of likely N-dealkylation sites (tertiary alicyclic amines) is 1. The normalized spacial score (nSPS) is 26.4. The first-order valence-electron chi connectivity index (χ1n) is 14.1. The number of benzene rings is 2. The highest BCUT2D eigenvalue weighted by molar-refractivity contribution is 5.69. The Morgan fingerprint density at radius 3 is 2.22 bits per heavy atom. The lowest BCUT2D eigenvalue weighted by molar-refractivity contribution is -0.140. The first-order valence-corrected chi connectivity index (χ1v) is 14.1. The molecule has 3 aliphatic rings. The van der Waals surface area contributed by atoms with Gasteiger partial charge in [-0.3, -0.25) is 9.69 Å². The van der Waals surface area contributed by atoms with E-state index in [1.54, 1.807) is 12.1 Å². The van der Waals surface area contributed by atoms with Crippen LogP contribution < -0.4 is 0 Å². The summed E-state index contributed by atoms with van der Waals surface area (Å²) in [7, 11) is 0. The molecule has 4 nitrogen and oxygen atoms in total. The molecule has 1 unspecified atom stereocenters. The summed E-state index contributed by atoms with van der Waals surface area (Å²) in [5, 5.41) is 9.75. The second-order valence-corrected chi connectivity index (χ2v) is 11.4. The minimum absolute atomic E-state index is 0.163. The molecule has 0 spiro atoms. The van der Waals surface area contributed by atoms with Crippen LogP contribution in [0.3, 0.4) is 0 Å². The largest absolute Gasteiger partial charge is 0.480 e. The zero-order valence-corrected chi connectivity index (χ0v) is 21.4. The van der Waals surface area contributed by atoms with Gasteiger partial charge in [-0.05, 0) is 92.6 Å². The molecule has 5 heteroatoms. The molecule has 1 N–H and O–H groups in total. The minimum Gasteiger partial charge on any atom is -0.480 e. The summed E-state index contributed by atoms with van der Waals surface area (Å²) in [4.78, 5) is 16.9. The first-order chi connectivity index (χ1) is 17.6. The maximum absolute atomic E-state index is 13.4. The molecule has 3 atom stereocenters. The van der Waals surface area contributed by atoms with Gasteiger partial charge in [0.25, 0.3) is 0 Å². The van der Waals surface area contributed by atoms with E-state index in [0.29, 0.717) is 29.8 Å². The van der Waals surface area contributed by atoms with E-state index in [0.717, 1.165) is 58.2 Å². The molecule has 3 fully saturated rings. The highest BCUT2D eigenvalue weighted by atomic mass is 19.1. The molecule has 0 aromatic heterocycles. The fourth-order valence-electron chi connectivity index (χ4n) is 7.32. The smallest absolute Gasteiger partial charge is 0.317 e. The topological polar surface area (TPSA) is 43.8 Å². The van der Waals surface area contributed by atoms with Crippen molar-refractivity contribution in [3.05, 3.63) is 71.5 Å². The van der Waals surface area contributed by atoms with Crippen LogP contribution in [0.4, 0.5) is 4.39 Å². The molecule has 2 aromatic carbocycles. The Labute approximate surface area is 215 Å². The second-order valence-electron chi connectivity index (χ2n) is 11.4. The minimum atomic E-state index is -0.692. The van der Waals surface area contributed by atoms with E-state index in [9.17, 15) is 14.3 Å². The molecule has 0 bridgehead atoms. The van der Waals surface area contributed by atoms with Crippen molar-refractivity contribution in [3.8, 4) is 0 Å². The molecule has 1 saturated heterocycles. The van der Waals surface area contributed by atoms with Gasteiger partial charge in [0.15, 0.2) is 0 Å². The molecule has 0 radical (unpaired) electrons. The van der Waals surface area contributed by atoms with Crippen LogP contribution in [0.25, 0.3) is 0 Å². The summed E-state index contributed by atoms with van der Waals surface area (Å²) in [6.07, 6.45) is 10.4. The Morgan fingerprint density at radius 2 is 1.56 bits per heavy atom. The van der Waals surface area contributed by atoms with Crippen molar-refractivity contribution in [2.45, 2.75) is 81.7 Å². The van der Waals surface area contributed by atoms with Crippen LogP contribution in [0.15, 0.2) is 54.6 Å². The number of halogens is 1. The Balaban J connectivity index is 1.27. The van der Waals surface area contributed by atoms with Crippen molar-refractivity contribution in [2.75, 3.05) is 26.2 Å². The number of nitrogens with zero attached hydrogens (tertiary/aromatic N) is 2. The van der Waals surface area contributed by atoms with Crippen molar-refractivity contribution >= 4 is 5.97 Å². The van der Waals surface area contributed by atoms with Crippen LogP contribution in [-0.2, 0) is 4.79 Å². The number of piperidine rings is 1. The van der Waals surface area contributed by atoms with Gasteiger partial charge in [-0.15, -0.1) is 0 Å². The fraction of sp³-hybridized carbons (Fsp3) is 0.581. The van der Waals surface area contributed by atoms with Crippen LogP contribution in [0.2, 0.25) is 0 Å². The number of rotatable bonds is 8. The maximum Gasteiger partial charge on any atom is 0.317 e. The molecule has 1 aliphatic heterocycles. The van der Waals surface area contributed by atoms with E-state index < -0.39 is 5.97 Å². The van der Waals surface area contributed by atoms with Gasteiger partial charge >= 0.3 is 5.97 Å². The lowest BCUT2D eigenvalue weighted by atomic mass is 9.86. The Bertz CT molecular complexity index is 968. The van der Waals surface area contributed by atoms with E-state index in [-0.39, 0.29) is 12.4 Å². The Hall–Kier alpha value is -2.24. The molecular formula is C31H41FN2O2. The van der Waals surface area contributed by atoms with Crippen molar-refractivity contribution < 1.29 is 14.3 Å². The molecule has 2 saturated carbocycles. The zero-order valence-electron chi connectivity index (χ0n) is 21.4. The van der Waals surface area contributed by atoms with E-state index in [4.69, 9.17) is 0 Å². The van der Waals surface area contributed by atoms with Crippen molar-refractivity contribution in [1.29, 1.82) is 0 Å². The molecule has 5 rings (SSSR count). The van der Waals surface area contributed by atoms with Gasteiger partial charge in [-0.1, -0.05) is 61.7 Å². The summed E-state index contributed by atoms with van der Waals surface area (Å²) >= 11 is 0. The van der Waals surface area contributed by atoms with Gasteiger partial charge in [0, 0.05) is 18.6 Å². The zero-order chi connectivity index (χ0) is 24.9. The fourth-order valence-corrected chi connectivity index (χ4v) is 7.32. The standard InChI is InChI=1S/C31H41FN2O2/c32-27-13-11-23(12-14-27)24-15-17-33(18-16-24)21-26-19-29(20-30(26)25-7-3-1-4-8-25)34(22-31(35)36)28-9-5-2-6-10-28/h1,3-4,7-8,11-14,24,26,28-30H,2,5-6,9-10,15-22H2,(H,35,36)/t26-,29?,30-/m1/s1. The van der Waals surface area contributed by atoms with E-state index in [1.165, 1.54) is 30.4 Å². The molecular weight excluding hydrogens is 451 g/mol. The summed E-state index contributed by atoms with van der Waals surface area (Å²) in [5.74, 6) is 0.679. The summed E-state index contributed by atoms with van der Waals surface area (Å²) in [5.41, 5.74) is 2.67. The van der Waals surface area contributed by atoms with Crippen molar-refractivity contribution in [1.82, 2.24) is 9.80 Å². The van der Waals surface area contributed by atoms with Gasteiger partial charge in [0.1, 0.15) is 5.82 Å². The quantitative estimate of drug-likeness (QED) is 0.471. The predicted octanol–water partition coefficient (Wildman–Crippen LogP) is 6.29. The predicted molar refractivity (Wildman–Crippen MR) is 142 cm³/mol. The van der Waals surface area contributed by atoms with Gasteiger partial charge in [-0.2, -0.15) is 0 Å². The Kier molecular flexibility index (Phi) is 8.38. The number of hydrogen-bond donors (Lipinski definition) is 1. The van der Waals surface area contributed by atoms with Crippen LogP contribution in [0.1, 0.15) is 80.8 Å². The molecule has 0 amide bonds. The average molecular weight is 493 g/mol. The monoisotopic (exact) mass is 492 g/mol. The van der Waals surface area contributed by atoms with E-state index in [2.05, 4.69) is 40.1 Å². The highest BCUT2D eigenvalue weighted by Crippen LogP contribution is 2.44. The SMILES string of the molecule is O=C(O)CN(C1CCCCC1)C1C[C@H](CN2CCC(c3ccc(F)cc3)CC2)[C@@H](c2ccccc2)C1. The van der Waals surface area contributed by atoms with Gasteiger partial charge in [0.05, 0.1) is 6.54 Å². The van der Waals surface area contributed by atoms with Crippen LogP contribution in [0, 0.1) is 11.7 Å². The van der Waals surface area contributed by atoms with Crippen LogP contribution in [0.5, 0.6) is 0 Å².